The standard InChI is InChI=1S/C54H45NO/c1-4-39(3)40-23-32-48(33-24-40)56-49-34-27-44(28-35-49)54(43-25-19-38(2)20-26-43)52-18-12-11-17-50(52)51-36-31-47(37-53(51)54)55(45-15-9-6-10-16-45)46-29-21-42(22-30-46)41-13-7-5-8-14-41/h5-37,39H,4H2,1-3H3. The predicted octanol–water partition coefficient (Wildman–Crippen LogP) is 14.8. The van der Waals surface area contributed by atoms with Crippen molar-refractivity contribution in [3.05, 3.63) is 234 Å². The van der Waals surface area contributed by atoms with E-state index in [2.05, 4.69) is 226 Å². The van der Waals surface area contributed by atoms with Crippen LogP contribution in [0.4, 0.5) is 17.1 Å². The monoisotopic (exact) mass is 723 g/mol. The number of hydrogen-bond acceptors (Lipinski definition) is 2. The summed E-state index contributed by atoms with van der Waals surface area (Å²) in [6.07, 6.45) is 1.12. The molecule has 0 fully saturated rings. The molecule has 56 heavy (non-hydrogen) atoms. The Morgan fingerprint density at radius 1 is 0.482 bits per heavy atom. The molecule has 2 atom stereocenters. The van der Waals surface area contributed by atoms with Crippen molar-refractivity contribution in [2.24, 2.45) is 0 Å². The second-order valence-corrected chi connectivity index (χ2v) is 15.0. The van der Waals surface area contributed by atoms with E-state index in [0.29, 0.717) is 5.92 Å². The highest BCUT2D eigenvalue weighted by molar-refractivity contribution is 5.89. The van der Waals surface area contributed by atoms with Crippen molar-refractivity contribution in [2.45, 2.75) is 38.5 Å². The van der Waals surface area contributed by atoms with Crippen LogP contribution >= 0.6 is 0 Å². The number of fused-ring (bicyclic) bond motifs is 3. The number of nitrogens with zero attached hydrogens (tertiary/aromatic N) is 1. The third-order valence-corrected chi connectivity index (χ3v) is 11.6. The van der Waals surface area contributed by atoms with E-state index >= 15 is 0 Å². The van der Waals surface area contributed by atoms with E-state index in [0.717, 1.165) is 35.0 Å². The van der Waals surface area contributed by atoms with Gasteiger partial charge in [0.25, 0.3) is 0 Å². The minimum atomic E-state index is -0.564. The largest absolute Gasteiger partial charge is 0.457 e. The number of para-hydroxylation sites is 1. The maximum atomic E-state index is 6.44. The zero-order valence-corrected chi connectivity index (χ0v) is 32.2. The Hall–Kier alpha value is -6.64. The Labute approximate surface area is 331 Å². The van der Waals surface area contributed by atoms with E-state index in [1.165, 1.54) is 55.6 Å². The molecule has 0 saturated heterocycles. The Morgan fingerprint density at radius 2 is 1.00 bits per heavy atom. The first-order valence-electron chi connectivity index (χ1n) is 19.7. The van der Waals surface area contributed by atoms with Gasteiger partial charge in [-0.1, -0.05) is 159 Å². The Morgan fingerprint density at radius 3 is 1.66 bits per heavy atom. The van der Waals surface area contributed by atoms with Crippen molar-refractivity contribution in [1.29, 1.82) is 0 Å². The van der Waals surface area contributed by atoms with Crippen LogP contribution in [0.5, 0.6) is 11.5 Å². The summed E-state index contributed by atoms with van der Waals surface area (Å²) < 4.78 is 6.44. The smallest absolute Gasteiger partial charge is 0.127 e. The molecule has 2 heteroatoms. The average molecular weight is 724 g/mol. The number of rotatable bonds is 10. The Kier molecular flexibility index (Phi) is 9.33. The van der Waals surface area contributed by atoms with Crippen LogP contribution in [-0.2, 0) is 5.41 Å². The maximum Gasteiger partial charge on any atom is 0.127 e. The molecule has 2 unspecified atom stereocenters. The molecule has 0 bridgehead atoms. The number of anilines is 3. The molecule has 0 aromatic heterocycles. The van der Waals surface area contributed by atoms with Crippen LogP contribution in [0.25, 0.3) is 22.3 Å². The fourth-order valence-corrected chi connectivity index (χ4v) is 8.47. The van der Waals surface area contributed by atoms with Gasteiger partial charge >= 0.3 is 0 Å². The Balaban J connectivity index is 1.19. The second-order valence-electron chi connectivity index (χ2n) is 15.0. The molecule has 1 aliphatic rings. The zero-order chi connectivity index (χ0) is 38.1. The molecule has 0 amide bonds. The number of benzene rings is 8. The summed E-state index contributed by atoms with van der Waals surface area (Å²) in [5.74, 6) is 2.19. The van der Waals surface area contributed by atoms with Gasteiger partial charge in [-0.05, 0) is 130 Å². The van der Waals surface area contributed by atoms with E-state index in [-0.39, 0.29) is 0 Å². The first-order chi connectivity index (χ1) is 27.5. The second kappa shape index (κ2) is 14.9. The minimum Gasteiger partial charge on any atom is -0.457 e. The molecule has 0 spiro atoms. The Bertz CT molecular complexity index is 2580. The molecular weight excluding hydrogens is 679 g/mol. The van der Waals surface area contributed by atoms with Crippen LogP contribution in [-0.4, -0.2) is 0 Å². The molecule has 272 valence electrons. The van der Waals surface area contributed by atoms with Crippen molar-refractivity contribution in [3.63, 3.8) is 0 Å². The van der Waals surface area contributed by atoms with E-state index in [9.17, 15) is 0 Å². The third-order valence-electron chi connectivity index (χ3n) is 11.6. The summed E-state index contributed by atoms with van der Waals surface area (Å²) in [4.78, 5) is 2.38. The first-order valence-corrected chi connectivity index (χ1v) is 19.7. The van der Waals surface area contributed by atoms with Gasteiger partial charge in [0.15, 0.2) is 0 Å². The topological polar surface area (TPSA) is 12.5 Å². The minimum absolute atomic E-state index is 0.527. The highest BCUT2D eigenvalue weighted by Gasteiger charge is 2.46. The van der Waals surface area contributed by atoms with Crippen molar-refractivity contribution in [3.8, 4) is 33.8 Å². The van der Waals surface area contributed by atoms with E-state index in [1.807, 2.05) is 0 Å². The maximum absolute atomic E-state index is 6.44. The van der Waals surface area contributed by atoms with Gasteiger partial charge in [-0.2, -0.15) is 0 Å². The molecule has 0 heterocycles. The van der Waals surface area contributed by atoms with Gasteiger partial charge in [0, 0.05) is 17.1 Å². The number of aryl methyl sites for hydroxylation is 1. The number of hydrogen-bond donors (Lipinski definition) is 0. The summed E-state index contributed by atoms with van der Waals surface area (Å²) in [5, 5.41) is 0. The molecule has 0 aliphatic heterocycles. The molecule has 8 aromatic rings. The molecule has 0 N–H and O–H groups in total. The third kappa shape index (κ3) is 6.28. The molecule has 2 nitrogen and oxygen atoms in total. The van der Waals surface area contributed by atoms with Crippen molar-refractivity contribution in [2.75, 3.05) is 4.90 Å². The summed E-state index contributed by atoms with van der Waals surface area (Å²) in [7, 11) is 0. The van der Waals surface area contributed by atoms with Crippen LogP contribution in [0, 0.1) is 6.92 Å². The van der Waals surface area contributed by atoms with Gasteiger partial charge in [0.05, 0.1) is 5.41 Å². The van der Waals surface area contributed by atoms with Crippen LogP contribution in [0.15, 0.2) is 200 Å². The van der Waals surface area contributed by atoms with Gasteiger partial charge < -0.3 is 9.64 Å². The van der Waals surface area contributed by atoms with Crippen molar-refractivity contribution >= 4 is 17.1 Å². The lowest BCUT2D eigenvalue weighted by atomic mass is 9.67. The summed E-state index contributed by atoms with van der Waals surface area (Å²) in [6, 6.07) is 72.6. The lowest BCUT2D eigenvalue weighted by molar-refractivity contribution is 0.481. The predicted molar refractivity (Wildman–Crippen MR) is 234 cm³/mol. The molecule has 9 rings (SSSR count). The SMILES string of the molecule is CCC(C)c1ccc(Oc2ccc(C3(c4ccc(C)cc4)c4ccccc4-c4ccc(N(c5ccccc5)c5ccc(-c6ccccc6)cc5)cc43)cc2)cc1. The molecule has 0 radical (unpaired) electrons. The average Bonchev–Trinajstić information content (AvgIpc) is 3.55. The van der Waals surface area contributed by atoms with Gasteiger partial charge in [-0.15, -0.1) is 0 Å². The van der Waals surface area contributed by atoms with E-state index in [4.69, 9.17) is 4.74 Å². The van der Waals surface area contributed by atoms with Gasteiger partial charge in [-0.25, -0.2) is 0 Å². The van der Waals surface area contributed by atoms with Gasteiger partial charge in [-0.3, -0.25) is 0 Å². The van der Waals surface area contributed by atoms with Crippen LogP contribution in [0.3, 0.4) is 0 Å². The molecule has 1 aliphatic carbocycles. The fourth-order valence-electron chi connectivity index (χ4n) is 8.47. The summed E-state index contributed by atoms with van der Waals surface area (Å²) >= 11 is 0. The van der Waals surface area contributed by atoms with Crippen LogP contribution in [0.1, 0.15) is 59.6 Å². The fraction of sp³-hybridized carbons (Fsp3) is 0.111. The van der Waals surface area contributed by atoms with Crippen LogP contribution in [0.2, 0.25) is 0 Å². The highest BCUT2D eigenvalue weighted by Crippen LogP contribution is 2.57. The van der Waals surface area contributed by atoms with Crippen molar-refractivity contribution in [1.82, 2.24) is 0 Å². The van der Waals surface area contributed by atoms with E-state index < -0.39 is 5.41 Å². The quantitative estimate of drug-likeness (QED) is 0.139. The van der Waals surface area contributed by atoms with Crippen molar-refractivity contribution < 1.29 is 4.74 Å². The van der Waals surface area contributed by atoms with Crippen LogP contribution < -0.4 is 9.64 Å². The summed E-state index contributed by atoms with van der Waals surface area (Å²) in [5.41, 5.74) is 15.2. The molecular formula is C54H45NO. The zero-order valence-electron chi connectivity index (χ0n) is 32.2. The highest BCUT2D eigenvalue weighted by atomic mass is 16.5. The summed E-state index contributed by atoms with van der Waals surface area (Å²) in [6.45, 7) is 6.66. The lowest BCUT2D eigenvalue weighted by Gasteiger charge is -2.35. The molecule has 0 saturated carbocycles. The van der Waals surface area contributed by atoms with Gasteiger partial charge in [0.1, 0.15) is 11.5 Å². The first kappa shape index (κ1) is 35.1. The number of ether oxygens (including phenoxy) is 1. The lowest BCUT2D eigenvalue weighted by Crippen LogP contribution is -2.28. The normalized spacial score (nSPS) is 14.8. The van der Waals surface area contributed by atoms with Gasteiger partial charge in [0.2, 0.25) is 0 Å². The molecule has 8 aromatic carbocycles. The van der Waals surface area contributed by atoms with E-state index in [1.54, 1.807) is 0 Å².